The van der Waals surface area contributed by atoms with Gasteiger partial charge in [0, 0.05) is 41.6 Å². The van der Waals surface area contributed by atoms with Gasteiger partial charge in [0.1, 0.15) is 11.1 Å². The van der Waals surface area contributed by atoms with Gasteiger partial charge in [0.15, 0.2) is 0 Å². The van der Waals surface area contributed by atoms with Crippen molar-refractivity contribution in [3.05, 3.63) is 105 Å². The van der Waals surface area contributed by atoms with Gasteiger partial charge in [-0.15, -0.1) is 11.3 Å². The third kappa shape index (κ3) is 4.79. The molecule has 0 radical (unpaired) electrons. The van der Waals surface area contributed by atoms with Gasteiger partial charge in [-0.2, -0.15) is 0 Å². The van der Waals surface area contributed by atoms with E-state index in [-0.39, 0.29) is 17.2 Å². The van der Waals surface area contributed by atoms with Gasteiger partial charge in [0.2, 0.25) is 5.43 Å². The highest BCUT2D eigenvalue weighted by Gasteiger charge is 2.27. The third-order valence-electron chi connectivity index (χ3n) is 5.89. The predicted molar refractivity (Wildman–Crippen MR) is 134 cm³/mol. The van der Waals surface area contributed by atoms with Crippen molar-refractivity contribution in [3.63, 3.8) is 0 Å². The van der Waals surface area contributed by atoms with E-state index in [1.54, 1.807) is 35.3 Å². The zero-order valence-electron chi connectivity index (χ0n) is 18.9. The first kappa shape index (κ1) is 22.1. The topological polar surface area (TPSA) is 71.4 Å². The highest BCUT2D eigenvalue weighted by Crippen LogP contribution is 2.26. The van der Waals surface area contributed by atoms with E-state index in [1.165, 1.54) is 4.90 Å². The van der Waals surface area contributed by atoms with Gasteiger partial charge in [-0.3, -0.25) is 14.4 Å². The molecule has 4 aromatic rings. The van der Waals surface area contributed by atoms with Crippen LogP contribution in [0.5, 0.6) is 0 Å². The number of fused-ring (bicyclic) bond motifs is 1. The van der Waals surface area contributed by atoms with Crippen LogP contribution in [0.4, 0.5) is 0 Å². The average Bonchev–Trinajstić information content (AvgIpc) is 3.56. The highest BCUT2D eigenvalue weighted by atomic mass is 32.1. The van der Waals surface area contributed by atoms with Gasteiger partial charge in [-0.1, -0.05) is 48.5 Å². The van der Waals surface area contributed by atoms with Gasteiger partial charge in [0.05, 0.1) is 6.54 Å². The van der Waals surface area contributed by atoms with Crippen LogP contribution in [0.1, 0.15) is 44.0 Å². The van der Waals surface area contributed by atoms with E-state index in [4.69, 9.17) is 0 Å². The number of nitrogens with one attached hydrogen (secondary N) is 1. The minimum absolute atomic E-state index is 0.00277. The lowest BCUT2D eigenvalue weighted by molar-refractivity contribution is 0.0784. The maximum absolute atomic E-state index is 13.4. The molecule has 0 bridgehead atoms. The van der Waals surface area contributed by atoms with E-state index in [0.717, 1.165) is 33.4 Å². The fraction of sp³-hybridized carbons (Fsp3) is 0.222. The molecule has 2 aromatic carbocycles. The molecule has 2 aromatic heterocycles. The summed E-state index contributed by atoms with van der Waals surface area (Å²) in [6, 6.07) is 20.0. The van der Waals surface area contributed by atoms with E-state index in [1.807, 2.05) is 48.5 Å². The molecule has 1 aliphatic rings. The monoisotopic (exact) mass is 471 g/mol. The summed E-state index contributed by atoms with van der Waals surface area (Å²) in [7, 11) is 1.69. The molecular weight excluding hydrogens is 446 g/mol. The number of aromatic nitrogens is 1. The van der Waals surface area contributed by atoms with Crippen molar-refractivity contribution in [1.82, 2.24) is 14.8 Å². The molecule has 7 heteroatoms. The molecule has 0 atom stereocenters. The van der Waals surface area contributed by atoms with Crippen molar-refractivity contribution in [2.45, 2.75) is 32.0 Å². The molecule has 34 heavy (non-hydrogen) atoms. The van der Waals surface area contributed by atoms with Crippen LogP contribution < -0.4 is 10.7 Å². The van der Waals surface area contributed by atoms with E-state index in [2.05, 4.69) is 17.4 Å². The lowest BCUT2D eigenvalue weighted by Gasteiger charge is -2.18. The maximum Gasteiger partial charge on any atom is 0.259 e. The molecule has 1 N–H and O–H groups in total. The Morgan fingerprint density at radius 3 is 2.47 bits per heavy atom. The summed E-state index contributed by atoms with van der Waals surface area (Å²) in [4.78, 5) is 42.0. The highest BCUT2D eigenvalue weighted by molar-refractivity contribution is 7.19. The van der Waals surface area contributed by atoms with Crippen LogP contribution in [0, 0.1) is 0 Å². The molecule has 172 valence electrons. The molecule has 1 saturated carbocycles. The SMILES string of the molecule is CN(Cc1cc2ccccc2s1)C(=O)c1cn(Cc2ccccc2)cc(C(=O)NC2CC2)c1=O. The second-order valence-electron chi connectivity index (χ2n) is 8.73. The van der Waals surface area contributed by atoms with Gasteiger partial charge in [0.25, 0.3) is 11.8 Å². The summed E-state index contributed by atoms with van der Waals surface area (Å²) in [6.07, 6.45) is 4.95. The Morgan fingerprint density at radius 2 is 1.74 bits per heavy atom. The van der Waals surface area contributed by atoms with Crippen molar-refractivity contribution in [2.24, 2.45) is 0 Å². The molecular formula is C27H25N3O3S. The zero-order valence-corrected chi connectivity index (χ0v) is 19.7. The molecule has 2 amide bonds. The number of carbonyl (C=O) groups excluding carboxylic acids is 2. The number of rotatable bonds is 7. The summed E-state index contributed by atoms with van der Waals surface area (Å²) < 4.78 is 2.90. The fourth-order valence-electron chi connectivity index (χ4n) is 3.95. The van der Waals surface area contributed by atoms with E-state index < -0.39 is 17.2 Å². The lowest BCUT2D eigenvalue weighted by atomic mass is 10.1. The number of hydrogen-bond donors (Lipinski definition) is 1. The first-order chi connectivity index (χ1) is 16.5. The van der Waals surface area contributed by atoms with Crippen molar-refractivity contribution in [3.8, 4) is 0 Å². The molecule has 0 saturated heterocycles. The Morgan fingerprint density at radius 1 is 1.03 bits per heavy atom. The minimum atomic E-state index is -0.532. The molecule has 0 spiro atoms. The largest absolute Gasteiger partial charge is 0.349 e. The number of amides is 2. The maximum atomic E-state index is 13.4. The Balaban J connectivity index is 1.46. The van der Waals surface area contributed by atoms with Crippen molar-refractivity contribution in [1.29, 1.82) is 0 Å². The summed E-state index contributed by atoms with van der Waals surface area (Å²) in [5, 5.41) is 4.01. The number of benzene rings is 2. The molecule has 0 unspecified atom stereocenters. The van der Waals surface area contributed by atoms with Crippen LogP contribution >= 0.6 is 11.3 Å². The van der Waals surface area contributed by atoms with Crippen LogP contribution in [0.15, 0.2) is 77.9 Å². The number of nitrogens with zero attached hydrogens (tertiary/aromatic N) is 2. The van der Waals surface area contributed by atoms with Crippen LogP contribution in [0.3, 0.4) is 0 Å². The first-order valence-electron chi connectivity index (χ1n) is 11.3. The number of thiophene rings is 1. The molecule has 5 rings (SSSR count). The minimum Gasteiger partial charge on any atom is -0.349 e. The molecule has 0 aliphatic heterocycles. The fourth-order valence-corrected chi connectivity index (χ4v) is 5.07. The molecule has 6 nitrogen and oxygen atoms in total. The van der Waals surface area contributed by atoms with Gasteiger partial charge >= 0.3 is 0 Å². The predicted octanol–water partition coefficient (Wildman–Crippen LogP) is 4.28. The van der Waals surface area contributed by atoms with Gasteiger partial charge in [-0.25, -0.2) is 0 Å². The first-order valence-corrected chi connectivity index (χ1v) is 12.1. The Bertz CT molecular complexity index is 1390. The van der Waals surface area contributed by atoms with Crippen molar-refractivity contribution < 1.29 is 9.59 Å². The van der Waals surface area contributed by atoms with Crippen LogP contribution in [-0.2, 0) is 13.1 Å². The summed E-state index contributed by atoms with van der Waals surface area (Å²) in [5.74, 6) is -0.818. The average molecular weight is 472 g/mol. The number of carbonyl (C=O) groups is 2. The second kappa shape index (κ2) is 9.27. The van der Waals surface area contributed by atoms with Crippen LogP contribution in [-0.4, -0.2) is 34.4 Å². The van der Waals surface area contributed by atoms with E-state index in [9.17, 15) is 14.4 Å². The molecule has 1 fully saturated rings. The summed E-state index contributed by atoms with van der Waals surface area (Å²) in [5.41, 5.74) is 0.485. The van der Waals surface area contributed by atoms with Crippen molar-refractivity contribution in [2.75, 3.05) is 7.05 Å². The third-order valence-corrected chi connectivity index (χ3v) is 6.99. The molecule has 2 heterocycles. The van der Waals surface area contributed by atoms with Crippen LogP contribution in [0.25, 0.3) is 10.1 Å². The summed E-state index contributed by atoms with van der Waals surface area (Å²) in [6.45, 7) is 0.833. The smallest absolute Gasteiger partial charge is 0.259 e. The number of pyridine rings is 1. The van der Waals surface area contributed by atoms with Crippen LogP contribution in [0.2, 0.25) is 0 Å². The van der Waals surface area contributed by atoms with E-state index in [0.29, 0.717) is 13.1 Å². The Hall–Kier alpha value is -3.71. The second-order valence-corrected chi connectivity index (χ2v) is 9.90. The lowest BCUT2D eigenvalue weighted by Crippen LogP contribution is -2.36. The van der Waals surface area contributed by atoms with Crippen molar-refractivity contribution >= 4 is 33.2 Å². The quantitative estimate of drug-likeness (QED) is 0.437. The Labute approximate surface area is 201 Å². The normalized spacial score (nSPS) is 13.1. The van der Waals surface area contributed by atoms with Gasteiger partial charge in [-0.05, 0) is 35.9 Å². The molecule has 1 aliphatic carbocycles. The standard InChI is InChI=1S/C27H25N3O3S/c1-29(15-21-13-19-9-5-6-10-24(19)34-21)27(33)23-17-30(14-18-7-3-2-4-8-18)16-22(25(23)31)26(32)28-20-11-12-20/h2-10,13,16-17,20H,11-12,14-15H2,1H3,(H,28,32). The van der Waals surface area contributed by atoms with E-state index >= 15 is 0 Å². The summed E-state index contributed by atoms with van der Waals surface area (Å²) >= 11 is 1.63. The zero-order chi connectivity index (χ0) is 23.7. The van der Waals surface area contributed by atoms with Gasteiger partial charge < -0.3 is 14.8 Å². The number of hydrogen-bond acceptors (Lipinski definition) is 4. The Kier molecular flexibility index (Phi) is 6.02.